The maximum absolute atomic E-state index is 12.9. The summed E-state index contributed by atoms with van der Waals surface area (Å²) in [6, 6.07) is 13.8. The molecule has 4 aliphatic carbocycles. The summed E-state index contributed by atoms with van der Waals surface area (Å²) < 4.78 is 49.5. The fourth-order valence-electron chi connectivity index (χ4n) is 7.48. The molecule has 350 valence electrons. The molecule has 4 saturated carbocycles. The molecule has 0 spiro atoms. The number of aliphatic carboxylic acids is 5. The van der Waals surface area contributed by atoms with Gasteiger partial charge < -0.3 is 35.0 Å². The van der Waals surface area contributed by atoms with Crippen LogP contribution in [0.15, 0.2) is 77.7 Å². The largest absolute Gasteiger partial charge is 0.497 e. The number of halogens is 6. The topological polar surface area (TPSA) is 205 Å². The highest BCUT2D eigenvalue weighted by atomic mass is 35.5. The van der Waals surface area contributed by atoms with Gasteiger partial charge in [0.15, 0.2) is 11.6 Å². The van der Waals surface area contributed by atoms with E-state index < -0.39 is 58.3 Å². The predicted molar refractivity (Wildman–Crippen MR) is 244 cm³/mol. The van der Waals surface area contributed by atoms with Crippen LogP contribution in [0.25, 0.3) is 18.2 Å². The Labute approximate surface area is 394 Å². The molecular weight excluding hydrogens is 960 g/mol. The van der Waals surface area contributed by atoms with Crippen molar-refractivity contribution >= 4 is 106 Å². The third-order valence-electron chi connectivity index (χ3n) is 9.87. The van der Waals surface area contributed by atoms with Crippen molar-refractivity contribution in [3.8, 4) is 11.5 Å². The lowest BCUT2D eigenvalue weighted by atomic mass is 9.49. The first-order valence-corrected chi connectivity index (χ1v) is 22.1. The average Bonchev–Trinajstić information content (AvgIpc) is 3.86. The highest BCUT2D eigenvalue weighted by molar-refractivity contribution is 7.20. The van der Waals surface area contributed by atoms with Gasteiger partial charge in [0.1, 0.15) is 21.7 Å². The molecule has 2 heterocycles. The molecule has 0 radical (unpaired) electrons. The first-order valence-electron chi connectivity index (χ1n) is 19.3. The summed E-state index contributed by atoms with van der Waals surface area (Å²) in [6.07, 6.45) is 11.2. The third kappa shape index (κ3) is 17.9. The van der Waals surface area contributed by atoms with Crippen molar-refractivity contribution in [1.29, 1.82) is 0 Å². The smallest absolute Gasteiger partial charge is 0.331 e. The number of thiophene rings is 2. The van der Waals surface area contributed by atoms with Gasteiger partial charge in [0.25, 0.3) is 0 Å². The third-order valence-corrected chi connectivity index (χ3v) is 12.7. The van der Waals surface area contributed by atoms with Gasteiger partial charge >= 0.3 is 29.8 Å². The first kappa shape index (κ1) is 54.0. The van der Waals surface area contributed by atoms with Gasteiger partial charge in [0, 0.05) is 44.7 Å². The Morgan fingerprint density at radius 1 is 0.831 bits per heavy atom. The summed E-state index contributed by atoms with van der Waals surface area (Å²) in [5.74, 6) is -5.86. The summed E-state index contributed by atoms with van der Waals surface area (Å²) >= 11 is 20.7. The fourth-order valence-corrected chi connectivity index (χ4v) is 10.2. The van der Waals surface area contributed by atoms with Crippen molar-refractivity contribution in [2.75, 3.05) is 13.7 Å². The van der Waals surface area contributed by atoms with Crippen LogP contribution in [0.5, 0.6) is 11.5 Å². The minimum absolute atomic E-state index is 0.00277. The number of benzene rings is 2. The number of hydrogen-bond donors (Lipinski definition) is 5. The van der Waals surface area contributed by atoms with Gasteiger partial charge in [-0.05, 0) is 117 Å². The monoisotopic (exact) mass is 1000 g/mol. The molecule has 4 aromatic rings. The van der Waals surface area contributed by atoms with Crippen LogP contribution in [0.1, 0.15) is 67.9 Å². The summed E-state index contributed by atoms with van der Waals surface area (Å²) in [6.45, 7) is 1.67. The lowest BCUT2D eigenvalue weighted by Crippen LogP contribution is -2.55. The molecule has 2 aromatic carbocycles. The minimum Gasteiger partial charge on any atom is -0.497 e. The second-order valence-electron chi connectivity index (χ2n) is 14.9. The minimum atomic E-state index is -1.40. The second-order valence-corrected chi connectivity index (χ2v) is 19.0. The lowest BCUT2D eigenvalue weighted by Gasteiger charge is -2.58. The van der Waals surface area contributed by atoms with Crippen LogP contribution in [0.4, 0.5) is 13.2 Å². The van der Waals surface area contributed by atoms with Gasteiger partial charge in [-0.1, -0.05) is 35.3 Å². The lowest BCUT2D eigenvalue weighted by molar-refractivity contribution is -0.163. The zero-order chi connectivity index (χ0) is 48.5. The van der Waals surface area contributed by atoms with Crippen molar-refractivity contribution in [3.05, 3.63) is 120 Å². The van der Waals surface area contributed by atoms with E-state index in [9.17, 15) is 42.3 Å². The van der Waals surface area contributed by atoms with Crippen molar-refractivity contribution < 1.29 is 72.2 Å². The summed E-state index contributed by atoms with van der Waals surface area (Å²) in [7, 11) is 1.57. The number of carboxylic acids is 5. The van der Waals surface area contributed by atoms with Crippen LogP contribution in [-0.4, -0.2) is 74.0 Å². The Morgan fingerprint density at radius 3 is 1.95 bits per heavy atom. The van der Waals surface area contributed by atoms with Crippen LogP contribution in [0.3, 0.4) is 0 Å². The van der Waals surface area contributed by atoms with Crippen molar-refractivity contribution in [2.45, 2.75) is 56.7 Å². The van der Waals surface area contributed by atoms with Crippen molar-refractivity contribution in [1.82, 2.24) is 0 Å². The molecular formula is C45H44Cl3F3O12S2. The molecule has 12 nitrogen and oxygen atoms in total. The summed E-state index contributed by atoms with van der Waals surface area (Å²) in [4.78, 5) is 52.9. The molecule has 0 aliphatic heterocycles. The number of rotatable bonds is 12. The van der Waals surface area contributed by atoms with E-state index in [4.69, 9.17) is 64.7 Å². The van der Waals surface area contributed by atoms with E-state index in [1.54, 1.807) is 43.5 Å². The van der Waals surface area contributed by atoms with Crippen molar-refractivity contribution in [2.24, 2.45) is 17.3 Å². The van der Waals surface area contributed by atoms with E-state index in [0.717, 1.165) is 42.7 Å². The standard InChI is InChI=1S/C11H15ClO2.C10H12O4.C9H5F3O2.C8H6Cl2O2S.C7H6O2S/c12-11-4-7-1-8(5-11)3-10(2-7,6-11)9(13)14;1-13-8-3-2-4-9(7-8)14-6-5-10(11)12;10-6-2-3-7(11)9(12)5(6)1-4-8(13)14;1-4(8(11)12)2-5-3-6(9)13-7(5)10;8-7(9)4-3-6-2-1-5-10-6/h7-8H,1-6H2,(H,13,14);2-4,7H,5-6H2,1H3,(H,11,12);1-4H,(H,13,14);2-3H,1H3,(H,11,12);1-5H,(H,8,9). The Bertz CT molecular complexity index is 2370. The molecule has 0 saturated heterocycles. The number of carbonyl (C=O) groups is 5. The quantitative estimate of drug-likeness (QED) is 0.0511. The maximum Gasteiger partial charge on any atom is 0.331 e. The molecule has 8 rings (SSSR count). The molecule has 65 heavy (non-hydrogen) atoms. The van der Waals surface area contributed by atoms with E-state index >= 15 is 0 Å². The van der Waals surface area contributed by atoms with E-state index in [2.05, 4.69) is 0 Å². The zero-order valence-corrected chi connectivity index (χ0v) is 38.6. The number of ether oxygens (including phenoxy) is 2. The SMILES string of the molecule is CC(=Cc1cc(Cl)sc1Cl)C(=O)O.COc1cccc(OCCC(=O)O)c1.O=C(O)C12CC3CC(CC(Cl)(C3)C1)C2.O=C(O)C=Cc1c(F)ccc(F)c1F.O=C(O)C=Cc1cccs1. The Morgan fingerprint density at radius 2 is 1.45 bits per heavy atom. The number of hydrogen-bond acceptors (Lipinski definition) is 9. The molecule has 4 bridgehead atoms. The number of carboxylic acid groups (broad SMARTS) is 5. The molecule has 5 N–H and O–H groups in total. The number of alkyl halides is 1. The highest BCUT2D eigenvalue weighted by Crippen LogP contribution is 2.63. The number of methoxy groups -OCH3 is 1. The van der Waals surface area contributed by atoms with Gasteiger partial charge in [0.05, 0.1) is 29.9 Å². The normalized spacial score (nSPS) is 20.2. The zero-order valence-electron chi connectivity index (χ0n) is 34.6. The Hall–Kier alpha value is -5.33. The van der Waals surface area contributed by atoms with Crippen LogP contribution in [-0.2, 0) is 24.0 Å². The predicted octanol–water partition coefficient (Wildman–Crippen LogP) is 11.8. The van der Waals surface area contributed by atoms with Crippen LogP contribution in [0, 0.1) is 34.7 Å². The molecule has 2 unspecified atom stereocenters. The fraction of sp³-hybridized carbons (Fsp3) is 0.311. The van der Waals surface area contributed by atoms with E-state index in [-0.39, 0.29) is 23.5 Å². The Balaban J connectivity index is 0.000000217. The van der Waals surface area contributed by atoms with E-state index in [1.807, 2.05) is 17.5 Å². The molecule has 4 aliphatic rings. The second kappa shape index (κ2) is 25.4. The van der Waals surface area contributed by atoms with Gasteiger partial charge in [-0.2, -0.15) is 0 Å². The molecule has 4 fully saturated rings. The average molecular weight is 1000 g/mol. The Kier molecular flexibility index (Phi) is 21.1. The van der Waals surface area contributed by atoms with Crippen LogP contribution in [0.2, 0.25) is 8.67 Å². The van der Waals surface area contributed by atoms with Crippen LogP contribution < -0.4 is 9.47 Å². The van der Waals surface area contributed by atoms with Gasteiger partial charge in [-0.3, -0.25) is 9.59 Å². The molecule has 2 atom stereocenters. The molecule has 2 aromatic heterocycles. The van der Waals surface area contributed by atoms with Crippen molar-refractivity contribution in [3.63, 3.8) is 0 Å². The van der Waals surface area contributed by atoms with Gasteiger partial charge in [-0.25, -0.2) is 27.6 Å². The molecule has 0 amide bonds. The maximum atomic E-state index is 12.9. The van der Waals surface area contributed by atoms with Gasteiger partial charge in [-0.15, -0.1) is 34.3 Å². The van der Waals surface area contributed by atoms with Crippen LogP contribution >= 0.6 is 57.5 Å². The van der Waals surface area contributed by atoms with E-state index in [1.165, 1.54) is 42.1 Å². The highest BCUT2D eigenvalue weighted by Gasteiger charge is 2.60. The summed E-state index contributed by atoms with van der Waals surface area (Å²) in [5, 5.41) is 44.7. The van der Waals surface area contributed by atoms with Gasteiger partial charge in [0.2, 0.25) is 0 Å². The first-order chi connectivity index (χ1) is 30.5. The summed E-state index contributed by atoms with van der Waals surface area (Å²) in [5.41, 5.74) is -0.272. The molecule has 20 heteroatoms. The van der Waals surface area contributed by atoms with E-state index in [0.29, 0.717) is 62.2 Å².